The molecule has 98 valence electrons. The Bertz CT molecular complexity index is 335. The zero-order valence-electron chi connectivity index (χ0n) is 12.4. The van der Waals surface area contributed by atoms with Crippen molar-refractivity contribution in [3.8, 4) is 0 Å². The summed E-state index contributed by atoms with van der Waals surface area (Å²) >= 11 is 1.72. The van der Waals surface area contributed by atoms with E-state index >= 15 is 0 Å². The van der Waals surface area contributed by atoms with Gasteiger partial charge >= 0.3 is 0 Å². The van der Waals surface area contributed by atoms with Crippen LogP contribution in [-0.2, 0) is 0 Å². The fourth-order valence-corrected chi connectivity index (χ4v) is 1.89. The Kier molecular flexibility index (Phi) is 12.6. The third-order valence-electron chi connectivity index (χ3n) is 1.62. The molecule has 2 heteroatoms. The van der Waals surface area contributed by atoms with Crippen LogP contribution in [0.3, 0.4) is 0 Å². The second kappa shape index (κ2) is 11.6. The van der Waals surface area contributed by atoms with Crippen LogP contribution in [0.25, 0.3) is 6.08 Å². The van der Waals surface area contributed by atoms with Crippen molar-refractivity contribution < 1.29 is 0 Å². The topological polar surface area (TPSA) is 12.9 Å². The number of aryl methyl sites for hydroxylation is 2. The highest BCUT2D eigenvalue weighted by Gasteiger charge is 2.00. The largest absolute Gasteiger partial charge is 0.246 e. The lowest BCUT2D eigenvalue weighted by atomic mass is 10.2. The van der Waals surface area contributed by atoms with Crippen molar-refractivity contribution in [3.05, 3.63) is 33.8 Å². The molecule has 0 aliphatic heterocycles. The molecule has 1 heterocycles. The Morgan fingerprint density at radius 2 is 1.76 bits per heavy atom. The Labute approximate surface area is 111 Å². The highest BCUT2D eigenvalue weighted by molar-refractivity contribution is 7.12. The highest BCUT2D eigenvalue weighted by atomic mass is 32.1. The monoisotopic (exact) mass is 253 g/mol. The number of thiazole rings is 1. The van der Waals surface area contributed by atoms with E-state index < -0.39 is 0 Å². The van der Waals surface area contributed by atoms with Crippen LogP contribution in [0.15, 0.2) is 18.2 Å². The summed E-state index contributed by atoms with van der Waals surface area (Å²) in [6.45, 7) is 18.1. The summed E-state index contributed by atoms with van der Waals surface area (Å²) in [6, 6.07) is 0. The van der Waals surface area contributed by atoms with Crippen molar-refractivity contribution in [1.82, 2.24) is 4.98 Å². The molecule has 0 aliphatic rings. The molecule has 0 saturated heterocycles. The molecule has 0 amide bonds. The molecule has 1 nitrogen and oxygen atoms in total. The average Bonchev–Trinajstić information content (AvgIpc) is 2.61. The van der Waals surface area contributed by atoms with Crippen molar-refractivity contribution in [2.45, 2.75) is 54.9 Å². The van der Waals surface area contributed by atoms with E-state index in [-0.39, 0.29) is 0 Å². The standard InChI is InChI=1S/C10H13NS.C3H8.C2H6/c1-5-7(2)6-10-8(3)11-9(4)12-10;1-3-2;1-2/h5-6H,1H2,2-4H3;3H2,1-2H3;1-2H3/b7-6-;;. The second-order valence-corrected chi connectivity index (χ2v) is 4.72. The lowest BCUT2D eigenvalue weighted by Gasteiger charge is -1.89. The molecule has 0 N–H and O–H groups in total. The van der Waals surface area contributed by atoms with E-state index in [0.717, 1.165) is 10.7 Å². The molecule has 0 aliphatic carbocycles. The zero-order valence-corrected chi connectivity index (χ0v) is 13.2. The van der Waals surface area contributed by atoms with Gasteiger partial charge in [-0.2, -0.15) is 0 Å². The van der Waals surface area contributed by atoms with Crippen molar-refractivity contribution >= 4 is 17.4 Å². The zero-order chi connectivity index (χ0) is 13.8. The van der Waals surface area contributed by atoms with Crippen LogP contribution < -0.4 is 0 Å². The molecule has 0 radical (unpaired) electrons. The van der Waals surface area contributed by atoms with E-state index in [2.05, 4.69) is 31.5 Å². The average molecular weight is 253 g/mol. The maximum atomic E-state index is 4.34. The van der Waals surface area contributed by atoms with Crippen LogP contribution in [0.4, 0.5) is 0 Å². The molecular weight excluding hydrogens is 226 g/mol. The van der Waals surface area contributed by atoms with Crippen LogP contribution in [0.2, 0.25) is 0 Å². The summed E-state index contributed by atoms with van der Waals surface area (Å²) < 4.78 is 0. The first-order chi connectivity index (χ1) is 8.04. The van der Waals surface area contributed by atoms with Gasteiger partial charge in [-0.15, -0.1) is 11.3 Å². The van der Waals surface area contributed by atoms with Gasteiger partial charge in [0.1, 0.15) is 0 Å². The minimum Gasteiger partial charge on any atom is -0.246 e. The number of nitrogens with zero attached hydrogens (tertiary/aromatic N) is 1. The lowest BCUT2D eigenvalue weighted by Crippen LogP contribution is -1.74. The number of aromatic nitrogens is 1. The maximum absolute atomic E-state index is 4.34. The van der Waals surface area contributed by atoms with Crippen LogP contribution in [0.5, 0.6) is 0 Å². The Morgan fingerprint density at radius 3 is 2.06 bits per heavy atom. The van der Waals surface area contributed by atoms with E-state index in [4.69, 9.17) is 0 Å². The fourth-order valence-electron chi connectivity index (χ4n) is 0.947. The quantitative estimate of drug-likeness (QED) is 0.608. The number of allylic oxidation sites excluding steroid dienone is 2. The fraction of sp³-hybridized carbons (Fsp3) is 0.533. The molecule has 0 aromatic carbocycles. The Morgan fingerprint density at radius 1 is 1.29 bits per heavy atom. The molecule has 0 atom stereocenters. The maximum Gasteiger partial charge on any atom is 0.0903 e. The van der Waals surface area contributed by atoms with E-state index in [0.29, 0.717) is 0 Å². The molecule has 1 rings (SSSR count). The number of rotatable bonds is 2. The first-order valence-corrected chi connectivity index (χ1v) is 7.11. The third kappa shape index (κ3) is 8.87. The minimum atomic E-state index is 1.11. The second-order valence-electron chi connectivity index (χ2n) is 3.48. The Balaban J connectivity index is 0. The van der Waals surface area contributed by atoms with Crippen molar-refractivity contribution in [2.75, 3.05) is 0 Å². The summed E-state index contributed by atoms with van der Waals surface area (Å²) in [5, 5.41) is 1.12. The summed E-state index contributed by atoms with van der Waals surface area (Å²) in [6.07, 6.45) is 5.22. The predicted molar refractivity (Wildman–Crippen MR) is 82.7 cm³/mol. The predicted octanol–water partition coefficient (Wildman–Crippen LogP) is 5.79. The summed E-state index contributed by atoms with van der Waals surface area (Å²) in [7, 11) is 0. The number of hydrogen-bond donors (Lipinski definition) is 0. The molecule has 0 unspecified atom stereocenters. The molecule has 0 bridgehead atoms. The summed E-state index contributed by atoms with van der Waals surface area (Å²) in [4.78, 5) is 5.58. The van der Waals surface area contributed by atoms with Gasteiger partial charge in [-0.25, -0.2) is 4.98 Å². The van der Waals surface area contributed by atoms with Gasteiger partial charge in [-0.05, 0) is 26.8 Å². The minimum absolute atomic E-state index is 1.11. The van der Waals surface area contributed by atoms with Gasteiger partial charge in [-0.3, -0.25) is 0 Å². The van der Waals surface area contributed by atoms with E-state index in [1.807, 2.05) is 40.7 Å². The van der Waals surface area contributed by atoms with E-state index in [9.17, 15) is 0 Å². The molecule has 1 aromatic heterocycles. The molecule has 0 saturated carbocycles. The van der Waals surface area contributed by atoms with Gasteiger partial charge in [0.15, 0.2) is 0 Å². The molecule has 0 fully saturated rings. The highest BCUT2D eigenvalue weighted by Crippen LogP contribution is 2.20. The first kappa shape index (κ1) is 18.5. The Hall–Kier alpha value is -0.890. The van der Waals surface area contributed by atoms with Crippen molar-refractivity contribution in [1.29, 1.82) is 0 Å². The van der Waals surface area contributed by atoms with Gasteiger partial charge in [0.05, 0.1) is 15.6 Å². The SMILES string of the molecule is C=C/C(C)=C\c1sc(C)nc1C.CC.CCC. The van der Waals surface area contributed by atoms with Crippen LogP contribution in [0, 0.1) is 13.8 Å². The lowest BCUT2D eigenvalue weighted by molar-refractivity contribution is 1.09. The first-order valence-electron chi connectivity index (χ1n) is 6.29. The third-order valence-corrected chi connectivity index (χ3v) is 2.64. The summed E-state index contributed by atoms with van der Waals surface area (Å²) in [5.74, 6) is 0. The van der Waals surface area contributed by atoms with E-state index in [1.54, 1.807) is 11.3 Å². The van der Waals surface area contributed by atoms with Gasteiger partial charge in [0.2, 0.25) is 0 Å². The van der Waals surface area contributed by atoms with Crippen LogP contribution in [0.1, 0.15) is 56.6 Å². The van der Waals surface area contributed by atoms with Gasteiger partial charge in [0.25, 0.3) is 0 Å². The molecule has 1 aromatic rings. The van der Waals surface area contributed by atoms with E-state index in [1.165, 1.54) is 16.9 Å². The molecule has 17 heavy (non-hydrogen) atoms. The van der Waals surface area contributed by atoms with Crippen LogP contribution >= 0.6 is 11.3 Å². The molecular formula is C15H27NS. The van der Waals surface area contributed by atoms with Crippen molar-refractivity contribution in [2.24, 2.45) is 0 Å². The van der Waals surface area contributed by atoms with Crippen LogP contribution in [-0.4, -0.2) is 4.98 Å². The van der Waals surface area contributed by atoms with Crippen molar-refractivity contribution in [3.63, 3.8) is 0 Å². The number of hydrogen-bond acceptors (Lipinski definition) is 2. The summed E-state index contributed by atoms with van der Waals surface area (Å²) in [5.41, 5.74) is 2.29. The van der Waals surface area contributed by atoms with Gasteiger partial charge < -0.3 is 0 Å². The molecule has 0 spiro atoms. The van der Waals surface area contributed by atoms with Gasteiger partial charge in [-0.1, -0.05) is 52.3 Å². The van der Waals surface area contributed by atoms with Gasteiger partial charge in [0, 0.05) is 0 Å². The normalized spacial score (nSPS) is 9.71. The smallest absolute Gasteiger partial charge is 0.0903 e.